The van der Waals surface area contributed by atoms with Gasteiger partial charge in [0.15, 0.2) is 12.6 Å². The highest BCUT2D eigenvalue weighted by molar-refractivity contribution is 5.76. The molecular formula is C65H117NO13. The summed E-state index contributed by atoms with van der Waals surface area (Å²) in [7, 11) is 0. The van der Waals surface area contributed by atoms with Crippen molar-refractivity contribution in [2.24, 2.45) is 0 Å². The first-order valence-corrected chi connectivity index (χ1v) is 32.0. The van der Waals surface area contributed by atoms with Crippen LogP contribution in [-0.4, -0.2) is 140 Å². The predicted octanol–water partition coefficient (Wildman–Crippen LogP) is 11.7. The first-order valence-electron chi connectivity index (χ1n) is 32.0. The molecule has 0 aromatic carbocycles. The topological polar surface area (TPSA) is 228 Å². The van der Waals surface area contributed by atoms with Gasteiger partial charge in [-0.15, -0.1) is 0 Å². The molecule has 2 saturated heterocycles. The fourth-order valence-corrected chi connectivity index (χ4v) is 10.4. The summed E-state index contributed by atoms with van der Waals surface area (Å²) in [4.78, 5) is 13.1. The van der Waals surface area contributed by atoms with Gasteiger partial charge in [-0.05, 0) is 57.8 Å². The lowest BCUT2D eigenvalue weighted by atomic mass is 9.97. The van der Waals surface area contributed by atoms with Crippen LogP contribution in [0, 0.1) is 0 Å². The van der Waals surface area contributed by atoms with Gasteiger partial charge >= 0.3 is 0 Å². The van der Waals surface area contributed by atoms with Gasteiger partial charge in [0.25, 0.3) is 0 Å². The molecule has 2 aliphatic heterocycles. The number of hydrogen-bond acceptors (Lipinski definition) is 13. The normalized spacial score (nSPS) is 24.8. The van der Waals surface area contributed by atoms with Crippen molar-refractivity contribution in [3.63, 3.8) is 0 Å². The highest BCUT2D eigenvalue weighted by atomic mass is 16.7. The number of amides is 1. The Morgan fingerprint density at radius 3 is 1.33 bits per heavy atom. The molecule has 460 valence electrons. The fourth-order valence-electron chi connectivity index (χ4n) is 10.4. The maximum Gasteiger partial charge on any atom is 0.220 e. The van der Waals surface area contributed by atoms with Crippen molar-refractivity contribution >= 4 is 5.91 Å². The van der Waals surface area contributed by atoms with Gasteiger partial charge in [-0.25, -0.2) is 0 Å². The van der Waals surface area contributed by atoms with Crippen LogP contribution >= 0.6 is 0 Å². The Bertz CT molecular complexity index is 1560. The second-order valence-corrected chi connectivity index (χ2v) is 22.5. The summed E-state index contributed by atoms with van der Waals surface area (Å²) in [6.07, 6.45) is 49.4. The molecule has 0 aromatic rings. The molecule has 2 heterocycles. The number of aliphatic hydroxyl groups excluding tert-OH is 8. The van der Waals surface area contributed by atoms with E-state index < -0.39 is 86.8 Å². The molecule has 0 radical (unpaired) electrons. The van der Waals surface area contributed by atoms with Gasteiger partial charge < -0.3 is 65.1 Å². The van der Waals surface area contributed by atoms with Crippen LogP contribution in [-0.2, 0) is 23.7 Å². The van der Waals surface area contributed by atoms with Crippen LogP contribution in [0.25, 0.3) is 0 Å². The maximum absolute atomic E-state index is 13.1. The molecule has 0 spiro atoms. The molecule has 0 aliphatic carbocycles. The highest BCUT2D eigenvalue weighted by Gasteiger charge is 2.51. The van der Waals surface area contributed by atoms with Crippen molar-refractivity contribution in [3.8, 4) is 0 Å². The third kappa shape index (κ3) is 35.4. The number of hydrogen-bond donors (Lipinski definition) is 9. The third-order valence-electron chi connectivity index (χ3n) is 15.5. The molecule has 2 aliphatic rings. The summed E-state index contributed by atoms with van der Waals surface area (Å²) in [6, 6.07) is -0.823. The van der Waals surface area contributed by atoms with Crippen LogP contribution in [0.5, 0.6) is 0 Å². The number of rotatable bonds is 51. The Labute approximate surface area is 479 Å². The number of allylic oxidation sites excluding steroid dienone is 10. The van der Waals surface area contributed by atoms with Crippen LogP contribution < -0.4 is 5.32 Å². The average Bonchev–Trinajstić information content (AvgIpc) is 3.45. The van der Waals surface area contributed by atoms with Gasteiger partial charge in [0.1, 0.15) is 48.8 Å². The Morgan fingerprint density at radius 1 is 0.468 bits per heavy atom. The van der Waals surface area contributed by atoms with Crippen LogP contribution in [0.3, 0.4) is 0 Å². The SMILES string of the molecule is CC/C=C\C/C=C\C/C=C\C/C=C\C/C=C\CCCCCCCCCCCCCCCCCCCCCCCCCCCC(=O)NC(COC1OC(CO)C(OC2OC(CO)C(O)C(O)C2O)C(O)C1O)C(O)CCCCCC. The summed E-state index contributed by atoms with van der Waals surface area (Å²) in [5, 5.41) is 86.4. The monoisotopic (exact) mass is 1120 g/mol. The molecule has 79 heavy (non-hydrogen) atoms. The van der Waals surface area contributed by atoms with Crippen molar-refractivity contribution in [1.29, 1.82) is 0 Å². The third-order valence-corrected chi connectivity index (χ3v) is 15.5. The van der Waals surface area contributed by atoms with Crippen molar-refractivity contribution in [3.05, 3.63) is 60.8 Å². The molecule has 14 heteroatoms. The number of carbonyl (C=O) groups is 1. The Hall–Kier alpha value is -2.31. The molecule has 1 amide bonds. The molecule has 12 atom stereocenters. The minimum atomic E-state index is -1.78. The van der Waals surface area contributed by atoms with E-state index in [9.17, 15) is 45.6 Å². The van der Waals surface area contributed by atoms with E-state index in [-0.39, 0.29) is 12.5 Å². The lowest BCUT2D eigenvalue weighted by Gasteiger charge is -2.46. The van der Waals surface area contributed by atoms with Crippen molar-refractivity contribution in [2.75, 3.05) is 19.8 Å². The molecule has 14 nitrogen and oxygen atoms in total. The summed E-state index contributed by atoms with van der Waals surface area (Å²) in [5.41, 5.74) is 0. The quantitative estimate of drug-likeness (QED) is 0.0204. The van der Waals surface area contributed by atoms with E-state index in [4.69, 9.17) is 18.9 Å². The van der Waals surface area contributed by atoms with Gasteiger partial charge in [-0.3, -0.25) is 4.79 Å². The van der Waals surface area contributed by atoms with E-state index >= 15 is 0 Å². The molecule has 0 bridgehead atoms. The number of nitrogens with one attached hydrogen (secondary N) is 1. The molecular weight excluding hydrogens is 1000 g/mol. The summed E-state index contributed by atoms with van der Waals surface area (Å²) >= 11 is 0. The molecule has 2 fully saturated rings. The molecule has 9 N–H and O–H groups in total. The summed E-state index contributed by atoms with van der Waals surface area (Å²) in [5.74, 6) is -0.213. The minimum Gasteiger partial charge on any atom is -0.394 e. The predicted molar refractivity (Wildman–Crippen MR) is 318 cm³/mol. The first kappa shape index (κ1) is 72.8. The zero-order valence-corrected chi connectivity index (χ0v) is 49.6. The standard InChI is InChI=1S/C65H117NO13/c1-3-5-7-9-10-11-12-13-14-15-16-17-18-19-20-21-22-23-24-25-26-27-28-29-30-31-32-33-34-35-36-37-38-39-40-41-42-43-44-45-47-49-57(70)66-53(54(69)48-46-8-6-4-2)52-76-64-62(75)60(73)63(56(51-68)78-64)79-65-61(74)59(72)58(71)55(50-67)77-65/h5,7,10-11,13-14,16-17,19-20,53-56,58-65,67-69,71-75H,3-4,6,8-9,12,15,18,21-52H2,1-2H3,(H,66,70)/b7-5-,11-10-,14-13-,17-16-,20-19-. The van der Waals surface area contributed by atoms with Crippen LogP contribution in [0.15, 0.2) is 60.8 Å². The lowest BCUT2D eigenvalue weighted by molar-refractivity contribution is -0.359. The second kappa shape index (κ2) is 50.2. The molecule has 2 rings (SSSR count). The van der Waals surface area contributed by atoms with Crippen molar-refractivity contribution in [2.45, 2.75) is 325 Å². The van der Waals surface area contributed by atoms with Crippen LogP contribution in [0.2, 0.25) is 0 Å². The summed E-state index contributed by atoms with van der Waals surface area (Å²) < 4.78 is 22.6. The zero-order chi connectivity index (χ0) is 57.4. The van der Waals surface area contributed by atoms with Gasteiger partial charge in [0, 0.05) is 6.42 Å². The first-order chi connectivity index (χ1) is 38.6. The van der Waals surface area contributed by atoms with Gasteiger partial charge in [0.2, 0.25) is 5.91 Å². The van der Waals surface area contributed by atoms with E-state index in [1.54, 1.807) is 0 Å². The van der Waals surface area contributed by atoms with Gasteiger partial charge in [-0.2, -0.15) is 0 Å². The number of carbonyl (C=O) groups excluding carboxylic acids is 1. The Balaban J connectivity index is 1.43. The number of unbranched alkanes of at least 4 members (excludes halogenated alkanes) is 28. The highest BCUT2D eigenvalue weighted by Crippen LogP contribution is 2.30. The van der Waals surface area contributed by atoms with Gasteiger partial charge in [-0.1, -0.05) is 248 Å². The van der Waals surface area contributed by atoms with E-state index in [0.29, 0.717) is 12.8 Å². The van der Waals surface area contributed by atoms with E-state index in [1.807, 2.05) is 0 Å². The average molecular weight is 1120 g/mol. The van der Waals surface area contributed by atoms with Crippen LogP contribution in [0.1, 0.15) is 251 Å². The molecule has 0 aromatic heterocycles. The van der Waals surface area contributed by atoms with Crippen molar-refractivity contribution < 1.29 is 64.6 Å². The van der Waals surface area contributed by atoms with E-state index in [2.05, 4.69) is 79.9 Å². The largest absolute Gasteiger partial charge is 0.394 e. The fraction of sp³-hybridized carbons (Fsp3) is 0.831. The van der Waals surface area contributed by atoms with E-state index in [1.165, 1.54) is 141 Å². The molecule has 12 unspecified atom stereocenters. The minimum absolute atomic E-state index is 0.213. The second-order valence-electron chi connectivity index (χ2n) is 22.5. The van der Waals surface area contributed by atoms with Gasteiger partial charge in [0.05, 0.1) is 32.0 Å². The van der Waals surface area contributed by atoms with Crippen LogP contribution in [0.4, 0.5) is 0 Å². The smallest absolute Gasteiger partial charge is 0.220 e. The Kier molecular flexibility index (Phi) is 46.3. The number of ether oxygens (including phenoxy) is 4. The molecule has 0 saturated carbocycles. The number of aliphatic hydroxyl groups is 8. The summed E-state index contributed by atoms with van der Waals surface area (Å²) in [6.45, 7) is 2.61. The zero-order valence-electron chi connectivity index (χ0n) is 49.6. The lowest BCUT2D eigenvalue weighted by Crippen LogP contribution is -2.65. The van der Waals surface area contributed by atoms with Crippen molar-refractivity contribution in [1.82, 2.24) is 5.32 Å². The maximum atomic E-state index is 13.1. The Morgan fingerprint density at radius 2 is 0.873 bits per heavy atom. The van der Waals surface area contributed by atoms with E-state index in [0.717, 1.165) is 83.5 Å².